The molecule has 6 heteroatoms. The quantitative estimate of drug-likeness (QED) is 0.769. The largest absolute Gasteiger partial charge is 0.482 e. The van der Waals surface area contributed by atoms with Crippen LogP contribution in [0.1, 0.15) is 32.6 Å². The van der Waals surface area contributed by atoms with Crippen molar-refractivity contribution in [1.82, 2.24) is 5.32 Å². The maximum Gasteiger partial charge on any atom is 0.341 e. The number of amides is 1. The average Bonchev–Trinajstić information content (AvgIpc) is 2.95. The Morgan fingerprint density at radius 3 is 2.54 bits per heavy atom. The minimum atomic E-state index is -1.00. The Labute approximate surface area is 145 Å². The van der Waals surface area contributed by atoms with Gasteiger partial charge >= 0.3 is 5.97 Å². The van der Waals surface area contributed by atoms with E-state index >= 15 is 0 Å². The Hall–Kier alpha value is -2.34. The van der Waals surface area contributed by atoms with Crippen molar-refractivity contribution in [1.29, 1.82) is 0 Å². The lowest BCUT2D eigenvalue weighted by molar-refractivity contribution is -0.139. The van der Waals surface area contributed by atoms with E-state index in [2.05, 4.69) is 12.2 Å². The van der Waals surface area contributed by atoms with Gasteiger partial charge in [0.2, 0.25) is 0 Å². The fraction of sp³-hybridized carbons (Fsp3) is 0.333. The molecule has 1 amide bonds. The van der Waals surface area contributed by atoms with Crippen LogP contribution in [-0.2, 0) is 17.6 Å². The smallest absolute Gasteiger partial charge is 0.341 e. The average molecular weight is 347 g/mol. The number of carbonyl (C=O) groups is 2. The molecule has 2 rings (SSSR count). The Kier molecular flexibility index (Phi) is 6.37. The molecular weight excluding hydrogens is 326 g/mol. The van der Waals surface area contributed by atoms with Gasteiger partial charge in [0, 0.05) is 11.4 Å². The van der Waals surface area contributed by atoms with Gasteiger partial charge in [-0.3, -0.25) is 4.79 Å². The fourth-order valence-corrected chi connectivity index (χ4v) is 3.32. The number of ether oxygens (including phenoxy) is 1. The number of carboxylic acid groups (broad SMARTS) is 1. The molecule has 0 atom stereocenters. The fourth-order valence-electron chi connectivity index (χ4n) is 2.29. The first-order chi connectivity index (χ1) is 11.5. The molecule has 0 spiro atoms. The third-order valence-electron chi connectivity index (χ3n) is 3.55. The monoisotopic (exact) mass is 347 g/mol. The highest BCUT2D eigenvalue weighted by Gasteiger charge is 2.11. The maximum absolute atomic E-state index is 12.1. The molecule has 0 saturated heterocycles. The van der Waals surface area contributed by atoms with Crippen molar-refractivity contribution in [3.8, 4) is 5.75 Å². The van der Waals surface area contributed by atoms with Crippen LogP contribution in [0.15, 0.2) is 30.3 Å². The summed E-state index contributed by atoms with van der Waals surface area (Å²) in [6.45, 7) is 4.31. The van der Waals surface area contributed by atoms with Gasteiger partial charge in [-0.15, -0.1) is 11.3 Å². The lowest BCUT2D eigenvalue weighted by atomic mass is 10.1. The lowest BCUT2D eigenvalue weighted by Crippen LogP contribution is -2.24. The zero-order chi connectivity index (χ0) is 17.5. The zero-order valence-electron chi connectivity index (χ0n) is 13.8. The molecule has 5 nitrogen and oxygen atoms in total. The summed E-state index contributed by atoms with van der Waals surface area (Å²) in [6, 6.07) is 9.14. The van der Waals surface area contributed by atoms with Gasteiger partial charge in [-0.1, -0.05) is 19.1 Å². The summed E-state index contributed by atoms with van der Waals surface area (Å²) in [5, 5.41) is 11.5. The molecule has 24 heavy (non-hydrogen) atoms. The van der Waals surface area contributed by atoms with Crippen LogP contribution in [0, 0.1) is 6.92 Å². The van der Waals surface area contributed by atoms with Gasteiger partial charge in [0.25, 0.3) is 5.91 Å². The normalized spacial score (nSPS) is 10.4. The number of nitrogens with one attached hydrogen (secondary N) is 1. The van der Waals surface area contributed by atoms with Crippen molar-refractivity contribution in [2.45, 2.75) is 26.7 Å². The lowest BCUT2D eigenvalue weighted by Gasteiger charge is -2.06. The van der Waals surface area contributed by atoms with Gasteiger partial charge in [-0.2, -0.15) is 0 Å². The summed E-state index contributed by atoms with van der Waals surface area (Å²) in [7, 11) is 0. The number of rotatable bonds is 8. The van der Waals surface area contributed by atoms with Crippen molar-refractivity contribution in [3.05, 3.63) is 51.2 Å². The predicted molar refractivity (Wildman–Crippen MR) is 94.0 cm³/mol. The van der Waals surface area contributed by atoms with Gasteiger partial charge in [-0.05, 0) is 49.1 Å². The Morgan fingerprint density at radius 2 is 1.96 bits per heavy atom. The topological polar surface area (TPSA) is 75.6 Å². The van der Waals surface area contributed by atoms with E-state index in [9.17, 15) is 9.59 Å². The van der Waals surface area contributed by atoms with E-state index in [-0.39, 0.29) is 12.5 Å². The Balaban J connectivity index is 1.80. The van der Waals surface area contributed by atoms with Crippen molar-refractivity contribution in [3.63, 3.8) is 0 Å². The summed E-state index contributed by atoms with van der Waals surface area (Å²) in [5.74, 6) is -0.521. The predicted octanol–water partition coefficient (Wildman–Crippen LogP) is 3.05. The molecule has 2 N–H and O–H groups in total. The third kappa shape index (κ3) is 5.09. The van der Waals surface area contributed by atoms with Crippen molar-refractivity contribution in [2.75, 3.05) is 13.2 Å². The van der Waals surface area contributed by atoms with Gasteiger partial charge in [-0.25, -0.2) is 4.79 Å². The van der Waals surface area contributed by atoms with Crippen LogP contribution in [-0.4, -0.2) is 30.1 Å². The van der Waals surface area contributed by atoms with Crippen LogP contribution in [0.2, 0.25) is 0 Å². The Morgan fingerprint density at radius 1 is 1.25 bits per heavy atom. The number of hydrogen-bond acceptors (Lipinski definition) is 4. The molecule has 0 aliphatic heterocycles. The number of aryl methyl sites for hydroxylation is 2. The van der Waals surface area contributed by atoms with Gasteiger partial charge in [0.1, 0.15) is 5.75 Å². The van der Waals surface area contributed by atoms with E-state index in [0.29, 0.717) is 18.7 Å². The first-order valence-corrected chi connectivity index (χ1v) is 8.62. The number of benzene rings is 1. The molecule has 0 fully saturated rings. The highest BCUT2D eigenvalue weighted by Crippen LogP contribution is 2.22. The summed E-state index contributed by atoms with van der Waals surface area (Å²) in [4.78, 5) is 24.6. The number of aliphatic carboxylic acids is 1. The third-order valence-corrected chi connectivity index (χ3v) is 4.93. The molecule has 0 aliphatic rings. The molecule has 0 bridgehead atoms. The van der Waals surface area contributed by atoms with Crippen LogP contribution in [0.3, 0.4) is 0 Å². The molecule has 0 unspecified atom stereocenters. The number of hydrogen-bond donors (Lipinski definition) is 2. The second kappa shape index (κ2) is 8.49. The summed E-state index contributed by atoms with van der Waals surface area (Å²) < 4.78 is 5.08. The number of carboxylic acids is 1. The number of thiophene rings is 1. The molecule has 0 radical (unpaired) electrons. The van der Waals surface area contributed by atoms with Gasteiger partial charge < -0.3 is 15.2 Å². The highest BCUT2D eigenvalue weighted by atomic mass is 32.1. The first-order valence-electron chi connectivity index (χ1n) is 7.80. The van der Waals surface area contributed by atoms with Crippen LogP contribution in [0.25, 0.3) is 0 Å². The Bertz CT molecular complexity index is 706. The van der Waals surface area contributed by atoms with E-state index in [4.69, 9.17) is 9.84 Å². The minimum absolute atomic E-state index is 0.0378. The summed E-state index contributed by atoms with van der Waals surface area (Å²) in [6.07, 6.45) is 1.65. The van der Waals surface area contributed by atoms with Crippen molar-refractivity contribution in [2.24, 2.45) is 0 Å². The van der Waals surface area contributed by atoms with Crippen LogP contribution >= 0.6 is 11.3 Å². The molecule has 128 valence electrons. The number of carbonyl (C=O) groups excluding carboxylic acids is 1. The van der Waals surface area contributed by atoms with Gasteiger partial charge in [0.05, 0.1) is 4.88 Å². The van der Waals surface area contributed by atoms with E-state index in [0.717, 1.165) is 16.9 Å². The van der Waals surface area contributed by atoms with E-state index in [1.54, 1.807) is 23.5 Å². The summed E-state index contributed by atoms with van der Waals surface area (Å²) in [5.41, 5.74) is 2.22. The standard InChI is InChI=1S/C18H21NO4S/c1-3-15-12(2)10-16(24-15)18(22)19-9-8-13-4-6-14(7-5-13)23-11-17(20)21/h4-7,10H,3,8-9,11H2,1-2H3,(H,19,22)(H,20,21). The summed E-state index contributed by atoms with van der Waals surface area (Å²) >= 11 is 1.55. The maximum atomic E-state index is 12.1. The molecule has 0 saturated carbocycles. The van der Waals surface area contributed by atoms with Crippen LogP contribution in [0.4, 0.5) is 0 Å². The molecule has 1 heterocycles. The van der Waals surface area contributed by atoms with E-state index < -0.39 is 5.97 Å². The van der Waals surface area contributed by atoms with Crippen molar-refractivity contribution < 1.29 is 19.4 Å². The van der Waals surface area contributed by atoms with Crippen LogP contribution in [0.5, 0.6) is 5.75 Å². The molecule has 1 aromatic heterocycles. The second-order valence-electron chi connectivity index (χ2n) is 5.40. The van der Waals surface area contributed by atoms with Gasteiger partial charge in [0.15, 0.2) is 6.61 Å². The van der Waals surface area contributed by atoms with Crippen LogP contribution < -0.4 is 10.1 Å². The SMILES string of the molecule is CCc1sc(C(=O)NCCc2ccc(OCC(=O)O)cc2)cc1C. The zero-order valence-corrected chi connectivity index (χ0v) is 14.6. The first kappa shape index (κ1) is 18.0. The second-order valence-corrected chi connectivity index (χ2v) is 6.54. The minimum Gasteiger partial charge on any atom is -0.482 e. The highest BCUT2D eigenvalue weighted by molar-refractivity contribution is 7.14. The molecular formula is C18H21NO4S. The molecule has 2 aromatic rings. The van der Waals surface area contributed by atoms with E-state index in [1.807, 2.05) is 25.1 Å². The molecule has 1 aromatic carbocycles. The van der Waals surface area contributed by atoms with Crippen molar-refractivity contribution >= 4 is 23.2 Å². The molecule has 0 aliphatic carbocycles. The van der Waals surface area contributed by atoms with E-state index in [1.165, 1.54) is 10.4 Å².